The van der Waals surface area contributed by atoms with Crippen molar-refractivity contribution in [1.29, 1.82) is 0 Å². The number of nitrogens with one attached hydrogen (secondary N) is 1. The summed E-state index contributed by atoms with van der Waals surface area (Å²) < 4.78 is 17.7. The number of allylic oxidation sites excluding steroid dienone is 15. The third kappa shape index (κ3) is 50.0. The summed E-state index contributed by atoms with van der Waals surface area (Å²) in [7, 11) is 0. The molecule has 0 aromatic heterocycles. The summed E-state index contributed by atoms with van der Waals surface area (Å²) in [4.78, 5) is 26.7. The van der Waals surface area contributed by atoms with Crippen LogP contribution < -0.4 is 5.32 Å². The number of unbranched alkanes of at least 4 members (excludes halogenated alkanes) is 33. The van der Waals surface area contributed by atoms with Gasteiger partial charge >= 0.3 is 5.97 Å². The van der Waals surface area contributed by atoms with E-state index in [2.05, 4.69) is 111 Å². The molecular weight excluding hydrogens is 1090 g/mol. The Hall–Kier alpha value is -3.42. The van der Waals surface area contributed by atoms with Crippen molar-refractivity contribution in [2.75, 3.05) is 13.2 Å². The van der Waals surface area contributed by atoms with E-state index in [9.17, 15) is 35.1 Å². The molecule has 11 heteroatoms. The average Bonchev–Trinajstić information content (AvgIpc) is 1.53. The first-order chi connectivity index (χ1) is 42.7. The molecule has 0 saturated carbocycles. The van der Waals surface area contributed by atoms with Crippen molar-refractivity contribution in [3.63, 3.8) is 0 Å². The van der Waals surface area contributed by atoms with Gasteiger partial charge in [-0.05, 0) is 109 Å². The molecule has 502 valence electrons. The van der Waals surface area contributed by atoms with Crippen LogP contribution in [0.4, 0.5) is 0 Å². The Morgan fingerprint density at radius 1 is 0.448 bits per heavy atom. The van der Waals surface area contributed by atoms with Gasteiger partial charge in [0.1, 0.15) is 24.4 Å². The highest BCUT2D eigenvalue weighted by atomic mass is 16.7. The smallest absolute Gasteiger partial charge is 0.306 e. The van der Waals surface area contributed by atoms with Gasteiger partial charge in [0.2, 0.25) is 5.91 Å². The molecule has 1 aliphatic rings. The molecule has 0 aromatic rings. The summed E-state index contributed by atoms with van der Waals surface area (Å²) in [6.45, 7) is 5.75. The van der Waals surface area contributed by atoms with Gasteiger partial charge in [0.15, 0.2) is 12.4 Å². The first-order valence-electron chi connectivity index (χ1n) is 36.0. The Bertz CT molecular complexity index is 1790. The van der Waals surface area contributed by atoms with Crippen LogP contribution in [-0.4, -0.2) is 99.6 Å². The largest absolute Gasteiger partial charge is 0.454 e. The van der Waals surface area contributed by atoms with Crippen LogP contribution in [-0.2, 0) is 23.8 Å². The Balaban J connectivity index is 2.61. The number of ether oxygens (including phenoxy) is 3. The van der Waals surface area contributed by atoms with Crippen LogP contribution in [0, 0.1) is 0 Å². The maximum Gasteiger partial charge on any atom is 0.306 e. The molecule has 8 atom stereocenters. The van der Waals surface area contributed by atoms with Crippen LogP contribution >= 0.6 is 0 Å². The van der Waals surface area contributed by atoms with Crippen molar-refractivity contribution >= 4 is 11.9 Å². The Morgan fingerprint density at radius 3 is 1.21 bits per heavy atom. The van der Waals surface area contributed by atoms with Crippen molar-refractivity contribution in [1.82, 2.24) is 5.32 Å². The molecule has 87 heavy (non-hydrogen) atoms. The lowest BCUT2D eigenvalue weighted by atomic mass is 9.99. The van der Waals surface area contributed by atoms with E-state index >= 15 is 0 Å². The molecule has 0 radical (unpaired) electrons. The molecule has 11 nitrogen and oxygen atoms in total. The standard InChI is InChI=1S/C76H133NO10/c1-4-7-10-13-16-19-22-25-27-29-31-33-34-35-37-38-40-42-45-48-51-54-57-60-63-69(80)75(84)77-67(68(79)62-59-56-53-50-47-44-24-21-18-15-12-9-6-3)66-85-76-74(73(83)72(82)70(65-78)86-76)87-71(81)64-61-58-55-52-49-46-43-41-39-36-32-30-28-26-23-20-17-14-11-8-5-2/h16-17,19-20,25-28,31-33,35-37,59,62,67-70,72-74,76,78-80,82-83H,4-15,18,21-24,29-30,34,38-58,60-61,63-66H2,1-3H3,(H,77,84)/b19-16-,20-17-,27-25-,28-26-,33-31-,36-32-,37-35-,62-59+. The van der Waals surface area contributed by atoms with E-state index in [4.69, 9.17) is 14.2 Å². The van der Waals surface area contributed by atoms with Crippen molar-refractivity contribution < 1.29 is 49.3 Å². The summed E-state index contributed by atoms with van der Waals surface area (Å²) in [5.74, 6) is -1.21. The predicted octanol–water partition coefficient (Wildman–Crippen LogP) is 18.6. The maximum absolute atomic E-state index is 13.5. The zero-order chi connectivity index (χ0) is 63.1. The molecule has 1 amide bonds. The number of hydrogen-bond acceptors (Lipinski definition) is 10. The Kier molecular flexibility index (Phi) is 58.9. The van der Waals surface area contributed by atoms with Crippen molar-refractivity contribution in [2.24, 2.45) is 0 Å². The van der Waals surface area contributed by atoms with Crippen molar-refractivity contribution in [3.8, 4) is 0 Å². The second kappa shape index (κ2) is 62.8. The number of carbonyl (C=O) groups excluding carboxylic acids is 2. The third-order valence-corrected chi connectivity index (χ3v) is 16.5. The second-order valence-electron chi connectivity index (χ2n) is 24.6. The minimum Gasteiger partial charge on any atom is -0.454 e. The molecule has 1 saturated heterocycles. The third-order valence-electron chi connectivity index (χ3n) is 16.5. The molecule has 1 rings (SSSR count). The van der Waals surface area contributed by atoms with Crippen LogP contribution in [0.5, 0.6) is 0 Å². The fourth-order valence-electron chi connectivity index (χ4n) is 10.8. The lowest BCUT2D eigenvalue weighted by Crippen LogP contribution is -2.61. The Morgan fingerprint density at radius 2 is 0.793 bits per heavy atom. The van der Waals surface area contributed by atoms with E-state index in [1.165, 1.54) is 154 Å². The van der Waals surface area contributed by atoms with Crippen molar-refractivity contribution in [3.05, 3.63) is 97.2 Å². The van der Waals surface area contributed by atoms with E-state index < -0.39 is 67.4 Å². The number of aliphatic hydroxyl groups excluding tert-OH is 5. The van der Waals surface area contributed by atoms with Gasteiger partial charge < -0.3 is 45.1 Å². The predicted molar refractivity (Wildman–Crippen MR) is 365 cm³/mol. The minimum atomic E-state index is -1.62. The fraction of sp³-hybridized carbons (Fsp3) is 0.763. The van der Waals surface area contributed by atoms with Gasteiger partial charge in [-0.1, -0.05) is 291 Å². The number of rotatable bonds is 61. The van der Waals surface area contributed by atoms with Crippen molar-refractivity contribution in [2.45, 2.75) is 359 Å². The van der Waals surface area contributed by atoms with Crippen LogP contribution in [0.25, 0.3) is 0 Å². The molecule has 1 heterocycles. The summed E-state index contributed by atoms with van der Waals surface area (Å²) in [5, 5.41) is 57.3. The number of amides is 1. The van der Waals surface area contributed by atoms with E-state index in [0.29, 0.717) is 12.8 Å². The van der Waals surface area contributed by atoms with Crippen LogP contribution in [0.1, 0.15) is 310 Å². The Labute approximate surface area is 533 Å². The summed E-state index contributed by atoms with van der Waals surface area (Å²) in [6, 6.07) is -1.04. The monoisotopic (exact) mass is 1220 g/mol. The highest BCUT2D eigenvalue weighted by Crippen LogP contribution is 2.26. The van der Waals surface area contributed by atoms with Gasteiger partial charge in [-0.3, -0.25) is 9.59 Å². The van der Waals surface area contributed by atoms with E-state index in [0.717, 1.165) is 109 Å². The van der Waals surface area contributed by atoms with Crippen LogP contribution in [0.15, 0.2) is 97.2 Å². The molecule has 1 fully saturated rings. The zero-order valence-electron chi connectivity index (χ0n) is 55.9. The molecule has 0 aromatic carbocycles. The quantitative estimate of drug-likeness (QED) is 0.0195. The summed E-state index contributed by atoms with van der Waals surface area (Å²) in [5.41, 5.74) is 0. The van der Waals surface area contributed by atoms with Crippen LogP contribution in [0.2, 0.25) is 0 Å². The van der Waals surface area contributed by atoms with Gasteiger partial charge in [0.25, 0.3) is 0 Å². The van der Waals surface area contributed by atoms with Gasteiger partial charge in [0.05, 0.1) is 25.4 Å². The van der Waals surface area contributed by atoms with Gasteiger partial charge in [-0.2, -0.15) is 0 Å². The molecule has 0 bridgehead atoms. The summed E-state index contributed by atoms with van der Waals surface area (Å²) in [6.07, 6.45) is 74.3. The van der Waals surface area contributed by atoms with Gasteiger partial charge in [-0.15, -0.1) is 0 Å². The molecule has 0 aliphatic carbocycles. The van der Waals surface area contributed by atoms with E-state index in [1.807, 2.05) is 6.08 Å². The molecule has 0 spiro atoms. The highest BCUT2D eigenvalue weighted by molar-refractivity contribution is 5.80. The summed E-state index contributed by atoms with van der Waals surface area (Å²) >= 11 is 0. The molecule has 8 unspecified atom stereocenters. The first kappa shape index (κ1) is 81.6. The normalized spacial score (nSPS) is 18.8. The fourth-order valence-corrected chi connectivity index (χ4v) is 10.8. The molecular formula is C76H133NO10. The number of esters is 1. The van der Waals surface area contributed by atoms with Gasteiger partial charge in [-0.25, -0.2) is 0 Å². The SMILES string of the molecule is CCCCC/C=C\C/C=C\C/C=C\C/C=C\CCCCCCCCCCC(O)C(=O)NC(COC1OC(CO)C(O)C(O)C1OC(=O)CCCCCCCCCC/C=C\C/C=C\C/C=C\CCCCC)C(O)/C=C/CCCCCCCCCCCCC. The molecule has 1 aliphatic heterocycles. The minimum absolute atomic E-state index is 0.111. The van der Waals surface area contributed by atoms with Crippen LogP contribution in [0.3, 0.4) is 0 Å². The topological polar surface area (TPSA) is 175 Å². The lowest BCUT2D eigenvalue weighted by Gasteiger charge is -2.41. The van der Waals surface area contributed by atoms with E-state index in [1.54, 1.807) is 6.08 Å². The maximum atomic E-state index is 13.5. The number of carbonyl (C=O) groups is 2. The first-order valence-corrected chi connectivity index (χ1v) is 36.0. The second-order valence-corrected chi connectivity index (χ2v) is 24.6. The average molecular weight is 1220 g/mol. The number of hydrogen-bond donors (Lipinski definition) is 6. The highest BCUT2D eigenvalue weighted by Gasteiger charge is 2.47. The number of aliphatic hydroxyl groups is 5. The van der Waals surface area contributed by atoms with E-state index in [-0.39, 0.29) is 19.4 Å². The lowest BCUT2D eigenvalue weighted by molar-refractivity contribution is -0.305. The van der Waals surface area contributed by atoms with Gasteiger partial charge in [0, 0.05) is 6.42 Å². The zero-order valence-corrected chi connectivity index (χ0v) is 55.9. The molecule has 6 N–H and O–H groups in total.